The molecule has 34 heavy (non-hydrogen) atoms. The summed E-state index contributed by atoms with van der Waals surface area (Å²) in [6, 6.07) is 21.9. The highest BCUT2D eigenvalue weighted by Gasteiger charge is 2.19. The predicted molar refractivity (Wildman–Crippen MR) is 135 cm³/mol. The average Bonchev–Trinajstić information content (AvgIpc) is 3.18. The van der Waals surface area contributed by atoms with Crippen molar-refractivity contribution >= 4 is 46.0 Å². The zero-order valence-corrected chi connectivity index (χ0v) is 19.7. The van der Waals surface area contributed by atoms with Crippen molar-refractivity contribution in [3.63, 3.8) is 0 Å². The number of thioether (sulfide) groups is 1. The molecule has 4 aromatic rings. The Hall–Kier alpha value is -3.84. The molecule has 1 amide bonds. The maximum Gasteiger partial charge on any atom is 0.339 e. The van der Waals surface area contributed by atoms with E-state index in [4.69, 9.17) is 4.74 Å². The van der Waals surface area contributed by atoms with E-state index in [-0.39, 0.29) is 24.1 Å². The van der Waals surface area contributed by atoms with Crippen molar-refractivity contribution in [1.82, 2.24) is 4.98 Å². The van der Waals surface area contributed by atoms with Crippen molar-refractivity contribution in [2.45, 2.75) is 18.7 Å². The number of anilines is 1. The lowest BCUT2D eigenvalue weighted by Gasteiger charge is -2.10. The van der Waals surface area contributed by atoms with Crippen LogP contribution in [0, 0.1) is 13.8 Å². The highest BCUT2D eigenvalue weighted by atomic mass is 32.2. The molecule has 3 aromatic carbocycles. The number of carbonyl (C=O) groups is 3. The van der Waals surface area contributed by atoms with E-state index in [1.807, 2.05) is 62.4 Å². The van der Waals surface area contributed by atoms with E-state index in [1.165, 1.54) is 11.8 Å². The molecule has 0 atom stereocenters. The molecule has 0 radical (unpaired) electrons. The molecule has 4 rings (SSSR count). The Kier molecular flexibility index (Phi) is 7.13. The van der Waals surface area contributed by atoms with Gasteiger partial charge < -0.3 is 15.0 Å². The summed E-state index contributed by atoms with van der Waals surface area (Å²) in [5.74, 6) is -0.924. The number of hydrogen-bond donors (Lipinski definition) is 2. The van der Waals surface area contributed by atoms with Gasteiger partial charge in [-0.05, 0) is 44.2 Å². The van der Waals surface area contributed by atoms with Gasteiger partial charge in [0.25, 0.3) is 0 Å². The number of aromatic amines is 1. The number of aryl methyl sites for hydroxylation is 2. The molecule has 0 saturated carbocycles. The SMILES string of the molecule is Cc1ccc(NC(=O)CSc2ccccc2C(=O)OCC(=O)c2c(C)[nH]c3ccccc23)cc1. The average molecular weight is 473 g/mol. The number of ketones is 1. The van der Waals surface area contributed by atoms with Gasteiger partial charge >= 0.3 is 5.97 Å². The quantitative estimate of drug-likeness (QED) is 0.199. The zero-order valence-electron chi connectivity index (χ0n) is 18.9. The van der Waals surface area contributed by atoms with Gasteiger partial charge in [-0.15, -0.1) is 11.8 Å². The lowest BCUT2D eigenvalue weighted by molar-refractivity contribution is -0.113. The summed E-state index contributed by atoms with van der Waals surface area (Å²) in [6.07, 6.45) is 0. The highest BCUT2D eigenvalue weighted by Crippen LogP contribution is 2.25. The molecule has 0 unspecified atom stereocenters. The van der Waals surface area contributed by atoms with Crippen LogP contribution in [0.2, 0.25) is 0 Å². The van der Waals surface area contributed by atoms with E-state index in [0.29, 0.717) is 16.0 Å². The fourth-order valence-corrected chi connectivity index (χ4v) is 4.50. The van der Waals surface area contributed by atoms with E-state index < -0.39 is 5.97 Å². The number of aromatic nitrogens is 1. The summed E-state index contributed by atoms with van der Waals surface area (Å²) in [6.45, 7) is 3.43. The standard InChI is InChI=1S/C27H24N2O4S/c1-17-11-13-19(14-12-17)29-25(31)16-34-24-10-6-4-8-21(24)27(32)33-15-23(30)26-18(2)28-22-9-5-3-7-20(22)26/h3-14,28H,15-16H2,1-2H3,(H,29,31). The van der Waals surface area contributed by atoms with Crippen LogP contribution < -0.4 is 5.32 Å². The second-order valence-electron chi connectivity index (χ2n) is 7.87. The summed E-state index contributed by atoms with van der Waals surface area (Å²) < 4.78 is 5.36. The fraction of sp³-hybridized carbons (Fsp3) is 0.148. The van der Waals surface area contributed by atoms with Crippen LogP contribution in [0.15, 0.2) is 77.7 Å². The molecule has 1 aromatic heterocycles. The van der Waals surface area contributed by atoms with Crippen molar-refractivity contribution in [3.05, 3.63) is 95.2 Å². The van der Waals surface area contributed by atoms with Crippen LogP contribution in [0.3, 0.4) is 0 Å². The first-order chi connectivity index (χ1) is 16.4. The first-order valence-corrected chi connectivity index (χ1v) is 11.8. The Balaban J connectivity index is 1.38. The minimum Gasteiger partial charge on any atom is -0.454 e. The first kappa shape index (κ1) is 23.3. The topological polar surface area (TPSA) is 88.3 Å². The third-order valence-electron chi connectivity index (χ3n) is 5.31. The molecule has 172 valence electrons. The smallest absolute Gasteiger partial charge is 0.339 e. The van der Waals surface area contributed by atoms with Crippen molar-refractivity contribution in [3.8, 4) is 0 Å². The van der Waals surface area contributed by atoms with Gasteiger partial charge in [0.05, 0.1) is 11.3 Å². The number of fused-ring (bicyclic) bond motifs is 1. The Morgan fingerprint density at radius 3 is 2.41 bits per heavy atom. The van der Waals surface area contributed by atoms with E-state index in [9.17, 15) is 14.4 Å². The number of Topliss-reactive ketones (excluding diaryl/α,β-unsaturated/α-hetero) is 1. The lowest BCUT2D eigenvalue weighted by Crippen LogP contribution is -2.16. The van der Waals surface area contributed by atoms with Gasteiger partial charge in [0.1, 0.15) is 0 Å². The van der Waals surface area contributed by atoms with Gasteiger partial charge in [0.15, 0.2) is 6.61 Å². The molecule has 0 aliphatic carbocycles. The monoisotopic (exact) mass is 472 g/mol. The van der Waals surface area contributed by atoms with E-state index >= 15 is 0 Å². The highest BCUT2D eigenvalue weighted by molar-refractivity contribution is 8.00. The maximum atomic E-state index is 12.8. The Labute approximate surface area is 201 Å². The Morgan fingerprint density at radius 1 is 0.912 bits per heavy atom. The number of rotatable bonds is 8. The molecule has 0 spiro atoms. The minimum absolute atomic E-state index is 0.131. The van der Waals surface area contributed by atoms with E-state index in [1.54, 1.807) is 24.3 Å². The molecule has 6 nitrogen and oxygen atoms in total. The predicted octanol–water partition coefficient (Wildman–Crippen LogP) is 5.56. The van der Waals surface area contributed by atoms with Crippen LogP contribution >= 0.6 is 11.8 Å². The molecule has 2 N–H and O–H groups in total. The molecule has 0 bridgehead atoms. The van der Waals surface area contributed by atoms with Gasteiger partial charge in [-0.25, -0.2) is 4.79 Å². The largest absolute Gasteiger partial charge is 0.454 e. The lowest BCUT2D eigenvalue weighted by atomic mass is 10.1. The van der Waals surface area contributed by atoms with E-state index in [0.717, 1.165) is 27.8 Å². The second kappa shape index (κ2) is 10.4. The van der Waals surface area contributed by atoms with Gasteiger partial charge in [-0.1, -0.05) is 48.0 Å². The van der Waals surface area contributed by atoms with Crippen molar-refractivity contribution in [2.75, 3.05) is 17.7 Å². The van der Waals surface area contributed by atoms with Crippen LogP contribution in [0.4, 0.5) is 5.69 Å². The van der Waals surface area contributed by atoms with Crippen molar-refractivity contribution < 1.29 is 19.1 Å². The third-order valence-corrected chi connectivity index (χ3v) is 6.38. The molecule has 1 heterocycles. The summed E-state index contributed by atoms with van der Waals surface area (Å²) in [7, 11) is 0. The molecule has 0 aliphatic rings. The number of ether oxygens (including phenoxy) is 1. The Morgan fingerprint density at radius 2 is 1.62 bits per heavy atom. The molecule has 0 saturated heterocycles. The number of nitrogens with one attached hydrogen (secondary N) is 2. The number of para-hydroxylation sites is 1. The number of amides is 1. The fourth-order valence-electron chi connectivity index (χ4n) is 3.66. The first-order valence-electron chi connectivity index (χ1n) is 10.8. The van der Waals surface area contributed by atoms with Crippen LogP contribution in [-0.4, -0.2) is 35.0 Å². The van der Waals surface area contributed by atoms with Crippen LogP contribution in [0.1, 0.15) is 32.0 Å². The molecular weight excluding hydrogens is 448 g/mol. The van der Waals surface area contributed by atoms with Crippen LogP contribution in [0.5, 0.6) is 0 Å². The molecular formula is C27H24N2O4S. The number of hydrogen-bond acceptors (Lipinski definition) is 5. The van der Waals surface area contributed by atoms with Gasteiger partial charge in [-0.3, -0.25) is 9.59 Å². The normalized spacial score (nSPS) is 10.8. The summed E-state index contributed by atoms with van der Waals surface area (Å²) in [5, 5.41) is 3.64. The maximum absolute atomic E-state index is 12.8. The number of esters is 1. The number of carbonyl (C=O) groups excluding carboxylic acids is 3. The third kappa shape index (κ3) is 5.38. The molecule has 0 aliphatic heterocycles. The van der Waals surface area contributed by atoms with Crippen LogP contribution in [-0.2, 0) is 9.53 Å². The van der Waals surface area contributed by atoms with Gasteiger partial charge in [-0.2, -0.15) is 0 Å². The summed E-state index contributed by atoms with van der Waals surface area (Å²) in [5.41, 5.74) is 4.27. The van der Waals surface area contributed by atoms with Crippen molar-refractivity contribution in [1.29, 1.82) is 0 Å². The zero-order chi connectivity index (χ0) is 24.1. The van der Waals surface area contributed by atoms with E-state index in [2.05, 4.69) is 10.3 Å². The van der Waals surface area contributed by atoms with Gasteiger partial charge in [0, 0.05) is 32.7 Å². The second-order valence-corrected chi connectivity index (χ2v) is 8.89. The molecule has 7 heteroatoms. The molecule has 0 fully saturated rings. The Bertz CT molecular complexity index is 1360. The number of H-pyrrole nitrogens is 1. The van der Waals surface area contributed by atoms with Gasteiger partial charge in [0.2, 0.25) is 11.7 Å². The van der Waals surface area contributed by atoms with Crippen LogP contribution in [0.25, 0.3) is 10.9 Å². The number of benzene rings is 3. The summed E-state index contributed by atoms with van der Waals surface area (Å²) in [4.78, 5) is 41.7. The minimum atomic E-state index is -0.604. The van der Waals surface area contributed by atoms with Crippen molar-refractivity contribution in [2.24, 2.45) is 0 Å². The summed E-state index contributed by atoms with van der Waals surface area (Å²) >= 11 is 1.24.